The lowest BCUT2D eigenvalue weighted by Gasteiger charge is -2.35. The lowest BCUT2D eigenvalue weighted by Crippen LogP contribution is -2.44. The molecule has 7 nitrogen and oxygen atoms in total. The van der Waals surface area contributed by atoms with Crippen molar-refractivity contribution in [3.63, 3.8) is 0 Å². The third-order valence-corrected chi connectivity index (χ3v) is 3.47. The number of hydrogen-bond acceptors (Lipinski definition) is 5. The van der Waals surface area contributed by atoms with Crippen molar-refractivity contribution in [2.45, 2.75) is 38.3 Å². The second-order valence-electron chi connectivity index (χ2n) is 4.82. The minimum atomic E-state index is -0.0959. The summed E-state index contributed by atoms with van der Waals surface area (Å²) in [6.07, 6.45) is 5.32. The molecular weight excluding hydrogens is 246 g/mol. The van der Waals surface area contributed by atoms with Gasteiger partial charge in [-0.15, -0.1) is 5.10 Å². The van der Waals surface area contributed by atoms with Crippen LogP contribution in [0.2, 0.25) is 0 Å². The van der Waals surface area contributed by atoms with E-state index >= 15 is 0 Å². The van der Waals surface area contributed by atoms with Crippen LogP contribution in [0.15, 0.2) is 6.20 Å². The quantitative estimate of drug-likeness (QED) is 0.757. The number of carbonyl (C=O) groups is 1. The van der Waals surface area contributed by atoms with E-state index in [1.54, 1.807) is 10.9 Å². The summed E-state index contributed by atoms with van der Waals surface area (Å²) < 4.78 is 1.58. The molecule has 1 saturated heterocycles. The van der Waals surface area contributed by atoms with Gasteiger partial charge in [0.2, 0.25) is 0 Å². The van der Waals surface area contributed by atoms with Gasteiger partial charge in [0, 0.05) is 25.7 Å². The first-order valence-electron chi connectivity index (χ1n) is 6.78. The van der Waals surface area contributed by atoms with E-state index in [9.17, 15) is 4.79 Å². The van der Waals surface area contributed by atoms with Crippen LogP contribution >= 0.6 is 0 Å². The molecule has 0 aromatic carbocycles. The maximum Gasteiger partial charge on any atom is 0.276 e. The van der Waals surface area contributed by atoms with Crippen molar-refractivity contribution in [1.29, 1.82) is 0 Å². The zero-order chi connectivity index (χ0) is 13.7. The first kappa shape index (κ1) is 14.0. The Hall–Kier alpha value is -1.47. The molecule has 2 rings (SSSR count). The van der Waals surface area contributed by atoms with Crippen LogP contribution in [0.3, 0.4) is 0 Å². The number of nitrogens with two attached hydrogens (primary N) is 1. The van der Waals surface area contributed by atoms with Gasteiger partial charge in [-0.1, -0.05) is 5.21 Å². The summed E-state index contributed by atoms with van der Waals surface area (Å²) in [5, 5.41) is 16.9. The van der Waals surface area contributed by atoms with Gasteiger partial charge in [0.05, 0.1) is 12.7 Å². The number of hydrogen-bond donors (Lipinski definition) is 2. The summed E-state index contributed by atoms with van der Waals surface area (Å²) in [5.41, 5.74) is 5.80. The van der Waals surface area contributed by atoms with Gasteiger partial charge < -0.3 is 15.7 Å². The highest BCUT2D eigenvalue weighted by molar-refractivity contribution is 5.92. The molecule has 0 bridgehead atoms. The SMILES string of the molecule is NCCn1cc(C(=O)N2CCCCC2CCO)nn1. The molecule has 106 valence electrons. The van der Waals surface area contributed by atoms with Crippen LogP contribution in [0, 0.1) is 0 Å². The number of rotatable bonds is 5. The number of aliphatic hydroxyl groups is 1. The molecule has 19 heavy (non-hydrogen) atoms. The third kappa shape index (κ3) is 3.30. The maximum absolute atomic E-state index is 12.4. The van der Waals surface area contributed by atoms with E-state index in [-0.39, 0.29) is 18.6 Å². The molecule has 1 aromatic heterocycles. The molecule has 1 aliphatic heterocycles. The van der Waals surface area contributed by atoms with Crippen molar-refractivity contribution in [3.8, 4) is 0 Å². The number of likely N-dealkylation sites (tertiary alicyclic amines) is 1. The normalized spacial score (nSPS) is 19.7. The van der Waals surface area contributed by atoms with E-state index in [0.29, 0.717) is 25.2 Å². The Balaban J connectivity index is 2.07. The van der Waals surface area contributed by atoms with E-state index in [1.165, 1.54) is 0 Å². The fourth-order valence-electron chi connectivity index (χ4n) is 2.50. The van der Waals surface area contributed by atoms with E-state index in [1.807, 2.05) is 4.90 Å². The second-order valence-corrected chi connectivity index (χ2v) is 4.82. The number of piperidine rings is 1. The summed E-state index contributed by atoms with van der Waals surface area (Å²) in [5.74, 6) is -0.0959. The number of carbonyl (C=O) groups excluding carboxylic acids is 1. The maximum atomic E-state index is 12.4. The molecule has 3 N–H and O–H groups in total. The van der Waals surface area contributed by atoms with Crippen LogP contribution in [-0.4, -0.2) is 56.6 Å². The minimum Gasteiger partial charge on any atom is -0.396 e. The average molecular weight is 267 g/mol. The van der Waals surface area contributed by atoms with Crippen LogP contribution in [0.4, 0.5) is 0 Å². The fraction of sp³-hybridized carbons (Fsp3) is 0.750. The number of aromatic nitrogens is 3. The van der Waals surface area contributed by atoms with Gasteiger partial charge in [-0.3, -0.25) is 9.48 Å². The van der Waals surface area contributed by atoms with Gasteiger partial charge >= 0.3 is 0 Å². The highest BCUT2D eigenvalue weighted by Crippen LogP contribution is 2.21. The summed E-state index contributed by atoms with van der Waals surface area (Å²) in [6.45, 7) is 1.86. The molecule has 2 heterocycles. The Kier molecular flexibility index (Phi) is 4.86. The number of amides is 1. The Morgan fingerprint density at radius 2 is 2.37 bits per heavy atom. The van der Waals surface area contributed by atoms with E-state index in [0.717, 1.165) is 25.8 Å². The van der Waals surface area contributed by atoms with Crippen molar-refractivity contribution in [3.05, 3.63) is 11.9 Å². The molecule has 0 radical (unpaired) electrons. The van der Waals surface area contributed by atoms with Crippen molar-refractivity contribution in [1.82, 2.24) is 19.9 Å². The smallest absolute Gasteiger partial charge is 0.276 e. The van der Waals surface area contributed by atoms with Crippen molar-refractivity contribution in [2.75, 3.05) is 19.7 Å². The fourth-order valence-corrected chi connectivity index (χ4v) is 2.50. The van der Waals surface area contributed by atoms with Gasteiger partial charge in [-0.05, 0) is 25.7 Å². The lowest BCUT2D eigenvalue weighted by molar-refractivity contribution is 0.0568. The Bertz CT molecular complexity index is 418. The Labute approximate surface area is 112 Å². The van der Waals surface area contributed by atoms with Crippen molar-refractivity contribution >= 4 is 5.91 Å². The number of aliphatic hydroxyl groups excluding tert-OH is 1. The lowest BCUT2D eigenvalue weighted by atomic mass is 9.99. The molecule has 7 heteroatoms. The monoisotopic (exact) mass is 267 g/mol. The highest BCUT2D eigenvalue weighted by Gasteiger charge is 2.28. The van der Waals surface area contributed by atoms with Crippen LogP contribution in [0.25, 0.3) is 0 Å². The zero-order valence-electron chi connectivity index (χ0n) is 11.0. The second kappa shape index (κ2) is 6.63. The molecule has 0 saturated carbocycles. The average Bonchev–Trinajstić information content (AvgIpc) is 2.88. The highest BCUT2D eigenvalue weighted by atomic mass is 16.3. The van der Waals surface area contributed by atoms with Crippen molar-refractivity contribution in [2.24, 2.45) is 5.73 Å². The van der Waals surface area contributed by atoms with Crippen LogP contribution < -0.4 is 5.73 Å². The van der Waals surface area contributed by atoms with E-state index in [4.69, 9.17) is 10.8 Å². The van der Waals surface area contributed by atoms with Crippen molar-refractivity contribution < 1.29 is 9.90 Å². The van der Waals surface area contributed by atoms with E-state index in [2.05, 4.69) is 10.3 Å². The molecule has 1 unspecified atom stereocenters. The molecule has 1 fully saturated rings. The first-order chi connectivity index (χ1) is 9.26. The summed E-state index contributed by atoms with van der Waals surface area (Å²) >= 11 is 0. The van der Waals surface area contributed by atoms with E-state index < -0.39 is 0 Å². The molecule has 0 aliphatic carbocycles. The predicted octanol–water partition coefficient (Wildman–Crippen LogP) is -0.386. The molecule has 1 aliphatic rings. The Morgan fingerprint density at radius 1 is 1.53 bits per heavy atom. The molecule has 1 atom stereocenters. The topological polar surface area (TPSA) is 97.3 Å². The summed E-state index contributed by atoms with van der Waals surface area (Å²) in [4.78, 5) is 14.2. The minimum absolute atomic E-state index is 0.0959. The zero-order valence-corrected chi connectivity index (χ0v) is 11.0. The van der Waals surface area contributed by atoms with Gasteiger partial charge in [0.1, 0.15) is 0 Å². The van der Waals surface area contributed by atoms with Gasteiger partial charge in [-0.2, -0.15) is 0 Å². The number of nitrogens with zero attached hydrogens (tertiary/aromatic N) is 4. The van der Waals surface area contributed by atoms with Gasteiger partial charge in [0.15, 0.2) is 5.69 Å². The van der Waals surface area contributed by atoms with Crippen LogP contribution in [0.5, 0.6) is 0 Å². The summed E-state index contributed by atoms with van der Waals surface area (Å²) in [7, 11) is 0. The molecule has 1 aromatic rings. The van der Waals surface area contributed by atoms with Crippen LogP contribution in [-0.2, 0) is 6.54 Å². The predicted molar refractivity (Wildman–Crippen MR) is 69.5 cm³/mol. The van der Waals surface area contributed by atoms with Gasteiger partial charge in [-0.25, -0.2) is 0 Å². The summed E-state index contributed by atoms with van der Waals surface area (Å²) in [6, 6.07) is 0.117. The largest absolute Gasteiger partial charge is 0.396 e. The van der Waals surface area contributed by atoms with Gasteiger partial charge in [0.25, 0.3) is 5.91 Å². The third-order valence-electron chi connectivity index (χ3n) is 3.47. The Morgan fingerprint density at radius 3 is 3.11 bits per heavy atom. The first-order valence-corrected chi connectivity index (χ1v) is 6.78. The molecule has 1 amide bonds. The molecular formula is C12H21N5O2. The molecule has 0 spiro atoms. The standard InChI is InChI=1S/C12H21N5O2/c13-5-7-16-9-11(14-15-16)12(19)17-6-2-1-3-10(17)4-8-18/h9-10,18H,1-8,13H2. The van der Waals surface area contributed by atoms with Crippen LogP contribution in [0.1, 0.15) is 36.2 Å².